The minimum atomic E-state index is -0.754. The van der Waals surface area contributed by atoms with E-state index >= 15 is 0 Å². The van der Waals surface area contributed by atoms with Crippen LogP contribution in [0.3, 0.4) is 0 Å². The molecule has 4 aromatic carbocycles. The Kier molecular flexibility index (Phi) is 4.41. The number of rotatable bonds is 3. The summed E-state index contributed by atoms with van der Waals surface area (Å²) in [7, 11) is 0. The molecule has 2 unspecified atom stereocenters. The molecule has 0 aromatic heterocycles. The lowest BCUT2D eigenvalue weighted by atomic mass is 9.78. The molecule has 0 radical (unpaired) electrons. The van der Waals surface area contributed by atoms with Crippen molar-refractivity contribution in [2.45, 2.75) is 50.9 Å². The Bertz CT molecular complexity index is 1430. The summed E-state index contributed by atoms with van der Waals surface area (Å²) in [6.45, 7) is 4.30. The number of benzene rings is 4. The van der Waals surface area contributed by atoms with Crippen molar-refractivity contribution < 1.29 is 19.4 Å². The first kappa shape index (κ1) is 20.1. The van der Waals surface area contributed by atoms with Gasteiger partial charge in [0.05, 0.1) is 0 Å². The van der Waals surface area contributed by atoms with Gasteiger partial charge >= 0.3 is 6.16 Å². The molecule has 4 aromatic rings. The van der Waals surface area contributed by atoms with E-state index in [0.29, 0.717) is 17.2 Å². The van der Waals surface area contributed by atoms with Gasteiger partial charge < -0.3 is 14.6 Å². The minimum Gasteiger partial charge on any atom is -0.507 e. The second-order valence-electron chi connectivity index (χ2n) is 9.63. The van der Waals surface area contributed by atoms with Gasteiger partial charge in [-0.3, -0.25) is 0 Å². The van der Waals surface area contributed by atoms with E-state index in [0.717, 1.165) is 63.9 Å². The predicted molar refractivity (Wildman–Crippen MR) is 130 cm³/mol. The largest absolute Gasteiger partial charge is 0.519 e. The van der Waals surface area contributed by atoms with Gasteiger partial charge in [0.25, 0.3) is 0 Å². The van der Waals surface area contributed by atoms with Crippen molar-refractivity contribution >= 4 is 27.7 Å². The molecule has 2 bridgehead atoms. The maximum Gasteiger partial charge on any atom is 0.519 e. The molecule has 1 N–H and O–H groups in total. The van der Waals surface area contributed by atoms with E-state index in [1.54, 1.807) is 6.07 Å². The smallest absolute Gasteiger partial charge is 0.507 e. The lowest BCUT2D eigenvalue weighted by Crippen LogP contribution is -2.19. The maximum absolute atomic E-state index is 13.1. The number of carbonyl (C=O) groups excluding carboxylic acids is 1. The summed E-state index contributed by atoms with van der Waals surface area (Å²) in [6, 6.07) is 19.4. The molecule has 1 fully saturated rings. The van der Waals surface area contributed by atoms with Gasteiger partial charge in [0.1, 0.15) is 17.2 Å². The van der Waals surface area contributed by atoms with Crippen LogP contribution < -0.4 is 9.47 Å². The van der Waals surface area contributed by atoms with E-state index in [-0.39, 0.29) is 11.3 Å². The lowest BCUT2D eigenvalue weighted by molar-refractivity contribution is 0.152. The van der Waals surface area contributed by atoms with E-state index in [1.807, 2.05) is 54.6 Å². The summed E-state index contributed by atoms with van der Waals surface area (Å²) < 4.78 is 11.7. The SMILES string of the molecule is CCc1ccc2c(O)c3c(c(OC(=O)Oc4cccc5ccccc45)c2c1)C1CCC3(C)C1. The zero-order chi connectivity index (χ0) is 22.7. The molecule has 2 aliphatic rings. The van der Waals surface area contributed by atoms with Crippen molar-refractivity contribution in [3.8, 4) is 17.2 Å². The van der Waals surface area contributed by atoms with Crippen molar-refractivity contribution in [3.05, 3.63) is 77.4 Å². The standard InChI is InChI=1S/C29H26O4/c1-3-17-11-12-21-22(15-17)27(24-19-13-14-29(2,16-19)25(24)26(21)30)33-28(31)32-23-10-6-8-18-7-4-5-9-20(18)23/h4-12,15,19,30H,3,13-14,16H2,1-2H3. The molecule has 6 rings (SSSR count). The highest BCUT2D eigenvalue weighted by atomic mass is 16.7. The molecule has 0 saturated heterocycles. The first-order valence-corrected chi connectivity index (χ1v) is 11.7. The Balaban J connectivity index is 1.47. The zero-order valence-electron chi connectivity index (χ0n) is 18.9. The Labute approximate surface area is 192 Å². The van der Waals surface area contributed by atoms with E-state index in [9.17, 15) is 9.90 Å². The zero-order valence-corrected chi connectivity index (χ0v) is 18.9. The number of aryl methyl sites for hydroxylation is 1. The van der Waals surface area contributed by atoms with Crippen LogP contribution in [0, 0.1) is 0 Å². The highest BCUT2D eigenvalue weighted by Gasteiger charge is 2.50. The van der Waals surface area contributed by atoms with Gasteiger partial charge in [-0.1, -0.05) is 62.4 Å². The first-order chi connectivity index (χ1) is 16.0. The third kappa shape index (κ3) is 3.01. The number of phenols is 1. The number of hydrogen-bond acceptors (Lipinski definition) is 4. The van der Waals surface area contributed by atoms with Gasteiger partial charge in [0.2, 0.25) is 0 Å². The van der Waals surface area contributed by atoms with Crippen LogP contribution in [-0.4, -0.2) is 11.3 Å². The molecule has 2 aliphatic carbocycles. The molecular formula is C29H26O4. The average Bonchev–Trinajstić information content (AvgIpc) is 3.36. The Hall–Kier alpha value is -3.53. The van der Waals surface area contributed by atoms with Gasteiger partial charge in [0.15, 0.2) is 0 Å². The summed E-state index contributed by atoms with van der Waals surface area (Å²) in [6.07, 6.45) is 3.15. The monoisotopic (exact) mass is 438 g/mol. The van der Waals surface area contributed by atoms with Crippen LogP contribution in [0.15, 0.2) is 60.7 Å². The second kappa shape index (κ2) is 7.24. The fourth-order valence-electron chi connectivity index (χ4n) is 6.03. The van der Waals surface area contributed by atoms with Gasteiger partial charge in [-0.2, -0.15) is 0 Å². The van der Waals surface area contributed by atoms with Crippen molar-refractivity contribution in [1.82, 2.24) is 0 Å². The molecule has 2 atom stereocenters. The van der Waals surface area contributed by atoms with Crippen molar-refractivity contribution in [1.29, 1.82) is 0 Å². The molecular weight excluding hydrogens is 412 g/mol. The number of ether oxygens (including phenoxy) is 2. The van der Waals surface area contributed by atoms with E-state index in [4.69, 9.17) is 9.47 Å². The van der Waals surface area contributed by atoms with E-state index in [2.05, 4.69) is 13.8 Å². The van der Waals surface area contributed by atoms with Crippen molar-refractivity contribution in [3.63, 3.8) is 0 Å². The summed E-state index contributed by atoms with van der Waals surface area (Å²) >= 11 is 0. The predicted octanol–water partition coefficient (Wildman–Crippen LogP) is 7.38. The van der Waals surface area contributed by atoms with Crippen LogP contribution >= 0.6 is 0 Å². The number of phenolic OH excluding ortho intramolecular Hbond substituents is 1. The number of fused-ring (bicyclic) bond motifs is 7. The molecule has 4 nitrogen and oxygen atoms in total. The molecule has 0 spiro atoms. The fourth-order valence-corrected chi connectivity index (χ4v) is 6.03. The number of carbonyl (C=O) groups is 1. The molecule has 0 amide bonds. The Morgan fingerprint density at radius 1 is 1.03 bits per heavy atom. The summed E-state index contributed by atoms with van der Waals surface area (Å²) in [5, 5.41) is 14.6. The van der Waals surface area contributed by atoms with Gasteiger partial charge in [-0.25, -0.2) is 4.79 Å². The van der Waals surface area contributed by atoms with Crippen LogP contribution in [0.2, 0.25) is 0 Å². The fraction of sp³-hybridized carbons (Fsp3) is 0.276. The van der Waals surface area contributed by atoms with E-state index < -0.39 is 6.16 Å². The lowest BCUT2D eigenvalue weighted by Gasteiger charge is -2.28. The van der Waals surface area contributed by atoms with Crippen molar-refractivity contribution in [2.24, 2.45) is 0 Å². The number of hydrogen-bond donors (Lipinski definition) is 1. The van der Waals surface area contributed by atoms with Gasteiger partial charge in [0, 0.05) is 27.3 Å². The quantitative estimate of drug-likeness (QED) is 0.268. The van der Waals surface area contributed by atoms with Gasteiger partial charge in [-0.05, 0) is 60.1 Å². The highest BCUT2D eigenvalue weighted by molar-refractivity contribution is 5.99. The molecule has 0 heterocycles. The Morgan fingerprint density at radius 2 is 1.85 bits per heavy atom. The second-order valence-corrected chi connectivity index (χ2v) is 9.63. The third-order valence-corrected chi connectivity index (χ3v) is 7.62. The average molecular weight is 439 g/mol. The van der Waals surface area contributed by atoms with Crippen LogP contribution in [0.1, 0.15) is 55.7 Å². The molecule has 4 heteroatoms. The molecule has 166 valence electrons. The summed E-state index contributed by atoms with van der Waals surface area (Å²) in [4.78, 5) is 13.1. The van der Waals surface area contributed by atoms with Crippen LogP contribution in [0.5, 0.6) is 17.2 Å². The summed E-state index contributed by atoms with van der Waals surface area (Å²) in [5.74, 6) is 1.64. The van der Waals surface area contributed by atoms with E-state index in [1.165, 1.54) is 0 Å². The Morgan fingerprint density at radius 3 is 2.70 bits per heavy atom. The minimum absolute atomic E-state index is 0.0840. The molecule has 33 heavy (non-hydrogen) atoms. The number of aromatic hydroxyl groups is 1. The van der Waals surface area contributed by atoms with Crippen LogP contribution in [0.25, 0.3) is 21.5 Å². The topological polar surface area (TPSA) is 55.8 Å². The van der Waals surface area contributed by atoms with Gasteiger partial charge in [-0.15, -0.1) is 0 Å². The van der Waals surface area contributed by atoms with Crippen molar-refractivity contribution in [2.75, 3.05) is 0 Å². The molecule has 1 saturated carbocycles. The molecule has 0 aliphatic heterocycles. The first-order valence-electron chi connectivity index (χ1n) is 11.7. The van der Waals surface area contributed by atoms with Crippen LogP contribution in [0.4, 0.5) is 4.79 Å². The van der Waals surface area contributed by atoms with Crippen LogP contribution in [-0.2, 0) is 11.8 Å². The normalized spacial score (nSPS) is 20.8. The third-order valence-electron chi connectivity index (χ3n) is 7.62. The maximum atomic E-state index is 13.1. The summed E-state index contributed by atoms with van der Waals surface area (Å²) in [5.41, 5.74) is 2.98. The highest BCUT2D eigenvalue weighted by Crippen LogP contribution is 2.63.